The number of amides is 2. The van der Waals surface area contributed by atoms with Crippen LogP contribution in [0.1, 0.15) is 13.3 Å². The molecule has 0 heterocycles. The van der Waals surface area contributed by atoms with Crippen LogP contribution in [0.5, 0.6) is 0 Å². The third-order valence-electron chi connectivity index (χ3n) is 2.39. The first-order valence-electron chi connectivity index (χ1n) is 5.69. The van der Waals surface area contributed by atoms with E-state index >= 15 is 0 Å². The number of hydrogen-bond donors (Lipinski definition) is 3. The highest BCUT2D eigenvalue weighted by atomic mass is 16.5. The van der Waals surface area contributed by atoms with Crippen molar-refractivity contribution in [3.8, 4) is 6.07 Å². The van der Waals surface area contributed by atoms with Crippen molar-refractivity contribution in [2.24, 2.45) is 0 Å². The molecule has 0 spiro atoms. The van der Waals surface area contributed by atoms with Gasteiger partial charge in [-0.2, -0.15) is 5.26 Å². The van der Waals surface area contributed by atoms with Gasteiger partial charge < -0.3 is 25.2 Å². The molecular weight excluding hydrogens is 254 g/mol. The lowest BCUT2D eigenvalue weighted by Crippen LogP contribution is -2.50. The van der Waals surface area contributed by atoms with Gasteiger partial charge in [0.1, 0.15) is 0 Å². The molecule has 0 saturated heterocycles. The van der Waals surface area contributed by atoms with Crippen molar-refractivity contribution >= 4 is 12.0 Å². The zero-order valence-corrected chi connectivity index (χ0v) is 11.0. The van der Waals surface area contributed by atoms with E-state index < -0.39 is 24.1 Å². The predicted octanol–water partition coefficient (Wildman–Crippen LogP) is -0.606. The van der Waals surface area contributed by atoms with E-state index in [0.29, 0.717) is 6.61 Å². The second-order valence-corrected chi connectivity index (χ2v) is 4.13. The standard InChI is InChI=1S/C11H19N3O5/c1-11(18,9(15)16)8-13-10(17)14(5-3-4-12)6-7-19-2/h18H,3,5-8H2,1-2H3,(H,13,17)(H,15,16). The van der Waals surface area contributed by atoms with Crippen molar-refractivity contribution in [3.63, 3.8) is 0 Å². The number of aliphatic carboxylic acids is 1. The topological polar surface area (TPSA) is 123 Å². The smallest absolute Gasteiger partial charge is 0.337 e. The predicted molar refractivity (Wildman–Crippen MR) is 65.3 cm³/mol. The third-order valence-corrected chi connectivity index (χ3v) is 2.39. The molecule has 0 aromatic heterocycles. The van der Waals surface area contributed by atoms with Crippen molar-refractivity contribution < 1.29 is 24.5 Å². The summed E-state index contributed by atoms with van der Waals surface area (Å²) in [5.74, 6) is -1.42. The molecule has 1 unspecified atom stereocenters. The van der Waals surface area contributed by atoms with Crippen LogP contribution in [0.25, 0.3) is 0 Å². The number of aliphatic hydroxyl groups is 1. The quantitative estimate of drug-likeness (QED) is 0.542. The fourth-order valence-electron chi connectivity index (χ4n) is 1.14. The van der Waals surface area contributed by atoms with Gasteiger partial charge >= 0.3 is 12.0 Å². The van der Waals surface area contributed by atoms with Gasteiger partial charge in [0.2, 0.25) is 0 Å². The van der Waals surface area contributed by atoms with Crippen LogP contribution in [-0.4, -0.2) is 66.1 Å². The number of nitrogens with one attached hydrogen (secondary N) is 1. The number of ether oxygens (including phenoxy) is 1. The van der Waals surface area contributed by atoms with Gasteiger partial charge in [-0.15, -0.1) is 0 Å². The average Bonchev–Trinajstić information content (AvgIpc) is 2.36. The van der Waals surface area contributed by atoms with Crippen LogP contribution < -0.4 is 5.32 Å². The van der Waals surface area contributed by atoms with Crippen LogP contribution >= 0.6 is 0 Å². The molecule has 0 bridgehead atoms. The molecule has 8 heteroatoms. The molecule has 108 valence electrons. The summed E-state index contributed by atoms with van der Waals surface area (Å²) in [6.45, 7) is 1.45. The maximum atomic E-state index is 11.8. The van der Waals surface area contributed by atoms with Gasteiger partial charge in [-0.05, 0) is 6.92 Å². The molecule has 0 fully saturated rings. The third kappa shape index (κ3) is 6.59. The Hall–Kier alpha value is -1.85. The normalized spacial score (nSPS) is 13.2. The fraction of sp³-hybridized carbons (Fsp3) is 0.727. The summed E-state index contributed by atoms with van der Waals surface area (Å²) in [5, 5.41) is 29.0. The Labute approximate surface area is 111 Å². The number of carbonyl (C=O) groups excluding carboxylic acids is 1. The summed E-state index contributed by atoms with van der Waals surface area (Å²) < 4.78 is 4.84. The lowest BCUT2D eigenvalue weighted by molar-refractivity contribution is -0.155. The summed E-state index contributed by atoms with van der Waals surface area (Å²) in [4.78, 5) is 23.8. The van der Waals surface area contributed by atoms with Crippen molar-refractivity contribution in [2.75, 3.05) is 33.4 Å². The Morgan fingerprint density at radius 1 is 1.47 bits per heavy atom. The molecule has 0 rings (SSSR count). The average molecular weight is 273 g/mol. The molecule has 19 heavy (non-hydrogen) atoms. The fourth-order valence-corrected chi connectivity index (χ4v) is 1.14. The van der Waals surface area contributed by atoms with E-state index in [-0.39, 0.29) is 19.5 Å². The van der Waals surface area contributed by atoms with Crippen molar-refractivity contribution in [1.82, 2.24) is 10.2 Å². The van der Waals surface area contributed by atoms with Crippen molar-refractivity contribution in [3.05, 3.63) is 0 Å². The zero-order chi connectivity index (χ0) is 14.9. The maximum Gasteiger partial charge on any atom is 0.337 e. The highest BCUT2D eigenvalue weighted by Crippen LogP contribution is 2.02. The van der Waals surface area contributed by atoms with Crippen molar-refractivity contribution in [1.29, 1.82) is 5.26 Å². The van der Waals surface area contributed by atoms with Gasteiger partial charge in [-0.1, -0.05) is 0 Å². The van der Waals surface area contributed by atoms with E-state index in [1.165, 1.54) is 12.0 Å². The molecule has 1 atom stereocenters. The zero-order valence-electron chi connectivity index (χ0n) is 11.0. The lowest BCUT2D eigenvalue weighted by Gasteiger charge is -2.24. The molecular formula is C11H19N3O5. The molecule has 8 nitrogen and oxygen atoms in total. The SMILES string of the molecule is COCCN(CCC#N)C(=O)NCC(C)(O)C(=O)O. The molecule has 0 aromatic rings. The minimum atomic E-state index is -2.03. The first-order valence-corrected chi connectivity index (χ1v) is 5.69. The summed E-state index contributed by atoms with van der Waals surface area (Å²) in [7, 11) is 1.48. The second kappa shape index (κ2) is 8.29. The first kappa shape index (κ1) is 17.2. The number of nitrogens with zero attached hydrogens (tertiary/aromatic N) is 2. The summed E-state index contributed by atoms with van der Waals surface area (Å²) in [6.07, 6.45) is 0.159. The van der Waals surface area contributed by atoms with Crippen LogP contribution in [0.3, 0.4) is 0 Å². The van der Waals surface area contributed by atoms with Gasteiger partial charge in [0.05, 0.1) is 25.6 Å². The van der Waals surface area contributed by atoms with Crippen LogP contribution in [0.15, 0.2) is 0 Å². The number of methoxy groups -OCH3 is 1. The van der Waals surface area contributed by atoms with Crippen LogP contribution in [0, 0.1) is 11.3 Å². The van der Waals surface area contributed by atoms with E-state index in [1.807, 2.05) is 6.07 Å². The van der Waals surface area contributed by atoms with E-state index in [4.69, 9.17) is 15.1 Å². The summed E-state index contributed by atoms with van der Waals surface area (Å²) in [5.41, 5.74) is -2.03. The molecule has 0 aliphatic carbocycles. The Balaban J connectivity index is 4.39. The van der Waals surface area contributed by atoms with Crippen LogP contribution in [0.2, 0.25) is 0 Å². The second-order valence-electron chi connectivity index (χ2n) is 4.13. The number of rotatable bonds is 8. The van der Waals surface area contributed by atoms with Gasteiger partial charge in [0, 0.05) is 20.2 Å². The molecule has 0 saturated carbocycles. The van der Waals surface area contributed by atoms with Gasteiger partial charge in [-0.3, -0.25) is 0 Å². The van der Waals surface area contributed by atoms with Gasteiger partial charge in [0.25, 0.3) is 0 Å². The Morgan fingerprint density at radius 3 is 2.58 bits per heavy atom. The van der Waals surface area contributed by atoms with E-state index in [9.17, 15) is 14.7 Å². The molecule has 0 aromatic carbocycles. The molecule has 0 aliphatic heterocycles. The molecule has 2 amide bonds. The number of carbonyl (C=O) groups is 2. The van der Waals surface area contributed by atoms with Gasteiger partial charge in [-0.25, -0.2) is 9.59 Å². The highest BCUT2D eigenvalue weighted by molar-refractivity contribution is 5.79. The molecule has 0 aliphatic rings. The van der Waals surface area contributed by atoms with Crippen LogP contribution in [0.4, 0.5) is 4.79 Å². The first-order chi connectivity index (χ1) is 8.85. The Kier molecular flexibility index (Phi) is 7.48. The number of hydrogen-bond acceptors (Lipinski definition) is 5. The van der Waals surface area contributed by atoms with E-state index in [2.05, 4.69) is 5.32 Å². The maximum absolute atomic E-state index is 11.8. The Morgan fingerprint density at radius 2 is 2.11 bits per heavy atom. The number of urea groups is 1. The minimum Gasteiger partial charge on any atom is -0.479 e. The monoisotopic (exact) mass is 273 g/mol. The van der Waals surface area contributed by atoms with E-state index in [1.54, 1.807) is 0 Å². The summed E-state index contributed by atoms with van der Waals surface area (Å²) in [6, 6.07) is 1.37. The molecule has 3 N–H and O–H groups in total. The van der Waals surface area contributed by atoms with Gasteiger partial charge in [0.15, 0.2) is 5.60 Å². The van der Waals surface area contributed by atoms with Crippen LogP contribution in [-0.2, 0) is 9.53 Å². The number of nitriles is 1. The number of carboxylic acid groups (broad SMARTS) is 1. The minimum absolute atomic E-state index is 0.159. The Bertz CT molecular complexity index is 351. The molecule has 0 radical (unpaired) electrons. The summed E-state index contributed by atoms with van der Waals surface area (Å²) >= 11 is 0. The number of carboxylic acids is 1. The highest BCUT2D eigenvalue weighted by Gasteiger charge is 2.30. The lowest BCUT2D eigenvalue weighted by atomic mass is 10.1. The van der Waals surface area contributed by atoms with Crippen molar-refractivity contribution in [2.45, 2.75) is 18.9 Å². The van der Waals surface area contributed by atoms with E-state index in [0.717, 1.165) is 6.92 Å². The largest absolute Gasteiger partial charge is 0.479 e.